The summed E-state index contributed by atoms with van der Waals surface area (Å²) in [5.41, 5.74) is 2.11. The maximum Gasteiger partial charge on any atom is 0.283 e. The Morgan fingerprint density at radius 1 is 1.00 bits per heavy atom. The Kier molecular flexibility index (Phi) is 5.44. The number of ether oxygens (including phenoxy) is 1. The fraction of sp³-hybridized carbons (Fsp3) is 0.200. The average molecular weight is 405 g/mol. The number of anilines is 2. The molecule has 3 rings (SSSR count). The van der Waals surface area contributed by atoms with Crippen molar-refractivity contribution < 1.29 is 14.3 Å². The van der Waals surface area contributed by atoms with E-state index in [0.29, 0.717) is 28.1 Å². The van der Waals surface area contributed by atoms with Crippen LogP contribution in [0.2, 0.25) is 5.02 Å². The summed E-state index contributed by atoms with van der Waals surface area (Å²) in [5.74, 6) is -0.235. The highest BCUT2D eigenvalue weighted by Crippen LogP contribution is 2.33. The Hall–Kier alpha value is -2.50. The van der Waals surface area contributed by atoms with E-state index in [1.165, 1.54) is 7.11 Å². The predicted octanol–water partition coefficient (Wildman–Crippen LogP) is 4.91. The molecule has 2 aromatic rings. The van der Waals surface area contributed by atoms with Crippen LogP contribution in [-0.2, 0) is 9.59 Å². The van der Waals surface area contributed by atoms with Gasteiger partial charge in [0.2, 0.25) is 0 Å². The van der Waals surface area contributed by atoms with Crippen LogP contribution in [0.4, 0.5) is 11.4 Å². The molecule has 1 N–H and O–H groups in total. The topological polar surface area (TPSA) is 58.6 Å². The molecule has 0 spiro atoms. The van der Waals surface area contributed by atoms with E-state index in [0.717, 1.165) is 10.5 Å². The molecule has 7 heteroatoms. The minimum atomic E-state index is -0.568. The van der Waals surface area contributed by atoms with Crippen molar-refractivity contribution in [1.29, 1.82) is 0 Å². The van der Waals surface area contributed by atoms with E-state index in [-0.39, 0.29) is 10.7 Å². The first kappa shape index (κ1) is 19.3. The van der Waals surface area contributed by atoms with Crippen LogP contribution in [0.1, 0.15) is 25.3 Å². The number of rotatable bonds is 5. The number of nitrogens with zero attached hydrogens (tertiary/aromatic N) is 1. The van der Waals surface area contributed by atoms with Gasteiger partial charge in [0.05, 0.1) is 17.8 Å². The number of amides is 2. The molecule has 0 bridgehead atoms. The zero-order chi connectivity index (χ0) is 19.7. The molecule has 0 saturated heterocycles. The molecule has 0 aromatic heterocycles. The molecule has 0 atom stereocenters. The van der Waals surface area contributed by atoms with Crippen molar-refractivity contribution in [2.45, 2.75) is 19.8 Å². The third-order valence-electron chi connectivity index (χ3n) is 4.27. The fourth-order valence-electron chi connectivity index (χ4n) is 2.74. The van der Waals surface area contributed by atoms with Crippen LogP contribution in [-0.4, -0.2) is 18.9 Å². The number of halogens is 2. The van der Waals surface area contributed by atoms with Crippen LogP contribution in [0.25, 0.3) is 0 Å². The van der Waals surface area contributed by atoms with Gasteiger partial charge in [-0.15, -0.1) is 0 Å². The SMILES string of the molecule is COc1ccc(NC2=C(Cl)C(=O)N(c3ccc(C(C)C)cc3)C2=O)cc1Cl. The summed E-state index contributed by atoms with van der Waals surface area (Å²) in [5, 5.41) is 3.09. The van der Waals surface area contributed by atoms with Gasteiger partial charge in [0.25, 0.3) is 11.8 Å². The Bertz CT molecular complexity index is 937. The Labute approximate surface area is 167 Å². The monoisotopic (exact) mass is 404 g/mol. The van der Waals surface area contributed by atoms with Crippen LogP contribution in [0, 0.1) is 0 Å². The van der Waals surface area contributed by atoms with E-state index in [1.54, 1.807) is 30.3 Å². The van der Waals surface area contributed by atoms with E-state index < -0.39 is 11.8 Å². The normalized spacial score (nSPS) is 14.4. The molecule has 0 unspecified atom stereocenters. The highest BCUT2D eigenvalue weighted by molar-refractivity contribution is 6.53. The second-order valence-electron chi connectivity index (χ2n) is 6.36. The first-order valence-corrected chi connectivity index (χ1v) is 9.08. The number of benzene rings is 2. The van der Waals surface area contributed by atoms with E-state index in [9.17, 15) is 9.59 Å². The second-order valence-corrected chi connectivity index (χ2v) is 7.14. The van der Waals surface area contributed by atoms with Crippen molar-refractivity contribution in [1.82, 2.24) is 0 Å². The Morgan fingerprint density at radius 3 is 2.22 bits per heavy atom. The number of hydrogen-bond acceptors (Lipinski definition) is 4. The van der Waals surface area contributed by atoms with Crippen LogP contribution in [0.15, 0.2) is 53.2 Å². The predicted molar refractivity (Wildman–Crippen MR) is 108 cm³/mol. The average Bonchev–Trinajstić information content (AvgIpc) is 2.85. The summed E-state index contributed by atoms with van der Waals surface area (Å²) in [6.07, 6.45) is 0. The summed E-state index contributed by atoms with van der Waals surface area (Å²) in [4.78, 5) is 26.4. The van der Waals surface area contributed by atoms with Crippen LogP contribution in [0.5, 0.6) is 5.75 Å². The molecule has 0 fully saturated rings. The number of nitrogens with one attached hydrogen (secondary N) is 1. The molecule has 0 radical (unpaired) electrons. The van der Waals surface area contributed by atoms with Crippen molar-refractivity contribution in [3.63, 3.8) is 0 Å². The second kappa shape index (κ2) is 7.62. The highest BCUT2D eigenvalue weighted by Gasteiger charge is 2.39. The molecule has 2 amide bonds. The number of hydrogen-bond donors (Lipinski definition) is 1. The molecule has 0 aliphatic carbocycles. The lowest BCUT2D eigenvalue weighted by Crippen LogP contribution is -2.32. The van der Waals surface area contributed by atoms with Gasteiger partial charge in [-0.25, -0.2) is 4.90 Å². The Balaban J connectivity index is 1.86. The Morgan fingerprint density at radius 2 is 1.67 bits per heavy atom. The van der Waals surface area contributed by atoms with E-state index in [2.05, 4.69) is 19.2 Å². The van der Waals surface area contributed by atoms with Crippen LogP contribution in [0.3, 0.4) is 0 Å². The number of methoxy groups -OCH3 is 1. The lowest BCUT2D eigenvalue weighted by atomic mass is 10.0. The third-order valence-corrected chi connectivity index (χ3v) is 4.91. The fourth-order valence-corrected chi connectivity index (χ4v) is 3.21. The molecule has 0 saturated carbocycles. The molecule has 140 valence electrons. The zero-order valence-corrected chi connectivity index (χ0v) is 16.6. The van der Waals surface area contributed by atoms with Gasteiger partial charge in [-0.2, -0.15) is 0 Å². The van der Waals surface area contributed by atoms with E-state index in [4.69, 9.17) is 27.9 Å². The highest BCUT2D eigenvalue weighted by atomic mass is 35.5. The maximum absolute atomic E-state index is 12.8. The van der Waals surface area contributed by atoms with Crippen LogP contribution >= 0.6 is 23.2 Å². The van der Waals surface area contributed by atoms with Crippen molar-refractivity contribution in [3.8, 4) is 5.75 Å². The largest absolute Gasteiger partial charge is 0.495 e. The molecule has 2 aromatic carbocycles. The van der Waals surface area contributed by atoms with Gasteiger partial charge in [-0.05, 0) is 41.8 Å². The molecule has 1 aliphatic heterocycles. The van der Waals surface area contributed by atoms with E-state index in [1.807, 2.05) is 12.1 Å². The molecular formula is C20H18Cl2N2O3. The summed E-state index contributed by atoms with van der Waals surface area (Å²) in [7, 11) is 1.51. The molecule has 1 heterocycles. The van der Waals surface area contributed by atoms with Gasteiger partial charge in [0.1, 0.15) is 16.5 Å². The summed E-state index contributed by atoms with van der Waals surface area (Å²) < 4.78 is 5.10. The number of imide groups is 1. The van der Waals surface area contributed by atoms with Crippen molar-refractivity contribution in [2.75, 3.05) is 17.3 Å². The molecule has 1 aliphatic rings. The quantitative estimate of drug-likeness (QED) is 0.719. The van der Waals surface area contributed by atoms with Crippen molar-refractivity contribution in [2.24, 2.45) is 0 Å². The van der Waals surface area contributed by atoms with Crippen LogP contribution < -0.4 is 15.0 Å². The standard InChI is InChI=1S/C20H18Cl2N2O3/c1-11(2)12-4-7-14(8-5-12)24-19(25)17(22)18(20(24)26)23-13-6-9-16(27-3)15(21)10-13/h4-11,23H,1-3H3. The van der Waals surface area contributed by atoms with Gasteiger partial charge >= 0.3 is 0 Å². The summed E-state index contributed by atoms with van der Waals surface area (Å²) in [6, 6.07) is 12.2. The van der Waals surface area contributed by atoms with Crippen molar-refractivity contribution in [3.05, 3.63) is 63.8 Å². The van der Waals surface area contributed by atoms with Gasteiger partial charge < -0.3 is 10.1 Å². The minimum Gasteiger partial charge on any atom is -0.495 e. The van der Waals surface area contributed by atoms with E-state index >= 15 is 0 Å². The molecule has 5 nitrogen and oxygen atoms in total. The molecule has 27 heavy (non-hydrogen) atoms. The third kappa shape index (κ3) is 3.66. The number of carbonyl (C=O) groups is 2. The minimum absolute atomic E-state index is 0.0100. The van der Waals surface area contributed by atoms with Gasteiger partial charge in [0, 0.05) is 5.69 Å². The molecular weight excluding hydrogens is 387 g/mol. The van der Waals surface area contributed by atoms with Gasteiger partial charge in [-0.1, -0.05) is 49.2 Å². The van der Waals surface area contributed by atoms with Crippen molar-refractivity contribution >= 4 is 46.4 Å². The maximum atomic E-state index is 12.8. The zero-order valence-electron chi connectivity index (χ0n) is 15.0. The summed E-state index contributed by atoms with van der Waals surface area (Å²) in [6.45, 7) is 4.14. The lowest BCUT2D eigenvalue weighted by Gasteiger charge is -2.16. The van der Waals surface area contributed by atoms with Gasteiger partial charge in [-0.3, -0.25) is 9.59 Å². The first-order chi connectivity index (χ1) is 12.8. The first-order valence-electron chi connectivity index (χ1n) is 8.32. The number of carbonyl (C=O) groups excluding carboxylic acids is 2. The smallest absolute Gasteiger partial charge is 0.283 e. The lowest BCUT2D eigenvalue weighted by molar-refractivity contribution is -0.120. The summed E-state index contributed by atoms with van der Waals surface area (Å²) >= 11 is 12.3. The van der Waals surface area contributed by atoms with Gasteiger partial charge in [0.15, 0.2) is 0 Å².